The Morgan fingerprint density at radius 1 is 1.13 bits per heavy atom. The number of carboxylic acid groups (broad SMARTS) is 1. The summed E-state index contributed by atoms with van der Waals surface area (Å²) in [5.41, 5.74) is 2.39. The predicted molar refractivity (Wildman–Crippen MR) is 140 cm³/mol. The fourth-order valence-corrected chi connectivity index (χ4v) is 5.34. The third kappa shape index (κ3) is 4.34. The van der Waals surface area contributed by atoms with Gasteiger partial charge in [0.15, 0.2) is 11.8 Å². The molecule has 0 aliphatic heterocycles. The summed E-state index contributed by atoms with van der Waals surface area (Å²) in [6.07, 6.45) is 5.43. The quantitative estimate of drug-likeness (QED) is 0.215. The van der Waals surface area contributed by atoms with Crippen molar-refractivity contribution in [1.82, 2.24) is 30.0 Å². The van der Waals surface area contributed by atoms with Crippen LogP contribution in [0.15, 0.2) is 67.4 Å². The van der Waals surface area contributed by atoms with Crippen molar-refractivity contribution in [2.24, 2.45) is 0 Å². The molecule has 1 amide bonds. The maximum absolute atomic E-state index is 13.4. The van der Waals surface area contributed by atoms with Crippen molar-refractivity contribution in [3.63, 3.8) is 0 Å². The second kappa shape index (κ2) is 9.34. The smallest absolute Gasteiger partial charge is 0.409 e. The summed E-state index contributed by atoms with van der Waals surface area (Å²) in [5, 5.41) is 52.7. The third-order valence-corrected chi connectivity index (χ3v) is 7.17. The van der Waals surface area contributed by atoms with Crippen LogP contribution in [0.25, 0.3) is 22.5 Å². The molecule has 5 aromatic rings. The van der Waals surface area contributed by atoms with E-state index in [1.165, 1.54) is 34.2 Å². The van der Waals surface area contributed by atoms with Gasteiger partial charge in [0.1, 0.15) is 6.33 Å². The Morgan fingerprint density at radius 3 is 2.69 bits per heavy atom. The van der Waals surface area contributed by atoms with Crippen LogP contribution in [0.4, 0.5) is 10.5 Å². The number of nitrogens with zero attached hydrogens (tertiary/aromatic N) is 7. The molecule has 12 nitrogen and oxygen atoms in total. The summed E-state index contributed by atoms with van der Waals surface area (Å²) in [5.74, 6) is 0. The second-order valence-electron chi connectivity index (χ2n) is 8.97. The van der Waals surface area contributed by atoms with Crippen LogP contribution in [0, 0.1) is 5.21 Å². The number of halogens is 2. The number of benzene rings is 2. The zero-order valence-corrected chi connectivity index (χ0v) is 21.4. The van der Waals surface area contributed by atoms with Gasteiger partial charge in [-0.3, -0.25) is 5.32 Å². The van der Waals surface area contributed by atoms with E-state index in [0.29, 0.717) is 55.5 Å². The fourth-order valence-electron chi connectivity index (χ4n) is 4.90. The Labute approximate surface area is 230 Å². The van der Waals surface area contributed by atoms with Crippen LogP contribution >= 0.6 is 23.2 Å². The number of carbonyl (C=O) groups is 1. The molecule has 0 saturated carbocycles. The third-order valence-electron chi connectivity index (χ3n) is 6.63. The lowest BCUT2D eigenvalue weighted by Gasteiger charge is -2.21. The zero-order valence-electron chi connectivity index (χ0n) is 19.9. The van der Waals surface area contributed by atoms with Crippen LogP contribution in [-0.4, -0.2) is 46.3 Å². The van der Waals surface area contributed by atoms with Gasteiger partial charge in [0.25, 0.3) is 0 Å². The number of hydrogen-bond acceptors (Lipinski definition) is 7. The number of amides is 1. The summed E-state index contributed by atoms with van der Waals surface area (Å²) >= 11 is 12.6. The molecule has 0 fully saturated rings. The Balaban J connectivity index is 1.37. The molecule has 14 heteroatoms. The molecule has 3 heterocycles. The van der Waals surface area contributed by atoms with E-state index in [-0.39, 0.29) is 17.1 Å². The maximum atomic E-state index is 13.4. The van der Waals surface area contributed by atoms with Crippen molar-refractivity contribution >= 4 is 35.0 Å². The number of rotatable bonds is 5. The molecule has 1 atom stereocenters. The molecule has 39 heavy (non-hydrogen) atoms. The van der Waals surface area contributed by atoms with Crippen molar-refractivity contribution < 1.29 is 19.7 Å². The molecule has 0 bridgehead atoms. The van der Waals surface area contributed by atoms with Gasteiger partial charge in [0, 0.05) is 39.2 Å². The highest BCUT2D eigenvalue weighted by Crippen LogP contribution is 2.42. The summed E-state index contributed by atoms with van der Waals surface area (Å²) in [7, 11) is 0. The van der Waals surface area contributed by atoms with Gasteiger partial charge in [-0.1, -0.05) is 23.2 Å². The molecule has 1 unspecified atom stereocenters. The molecule has 3 N–H and O–H groups in total. The van der Waals surface area contributed by atoms with Crippen molar-refractivity contribution in [1.29, 1.82) is 0 Å². The monoisotopic (exact) mass is 564 g/mol. The molecule has 3 aromatic heterocycles. The minimum absolute atomic E-state index is 0.212. The van der Waals surface area contributed by atoms with E-state index < -0.39 is 11.7 Å². The lowest BCUT2D eigenvalue weighted by atomic mass is 9.93. The number of pyridine rings is 1. The van der Waals surface area contributed by atoms with Crippen molar-refractivity contribution in [3.05, 3.63) is 99.5 Å². The fraction of sp³-hybridized carbons (Fsp3) is 0.120. The predicted octanol–water partition coefficient (Wildman–Crippen LogP) is 3.73. The topological polar surface area (TPSA) is 158 Å². The van der Waals surface area contributed by atoms with Gasteiger partial charge in [0.2, 0.25) is 5.69 Å². The van der Waals surface area contributed by atoms with Crippen LogP contribution in [0.3, 0.4) is 0 Å². The standard InChI is InChI=1S/C25H18Cl2N8O4/c26-17-1-3-21(34-13-28-31-32-34)19(8-17)15-7-14-5-6-25(38,23(14)35(39)11-15)16-10-29-33(12-16)22-4-2-18(9-20(22)27)30-24(36)37/h1-4,7-13,30,38H,5-6H2,(H,36,37). The minimum Gasteiger partial charge on any atom is -0.618 e. The number of hydrogen-bond donors (Lipinski definition) is 3. The first-order valence-corrected chi connectivity index (χ1v) is 12.4. The van der Waals surface area contributed by atoms with E-state index in [2.05, 4.69) is 25.9 Å². The normalized spacial score (nSPS) is 16.3. The molecule has 1 aliphatic rings. The largest absolute Gasteiger partial charge is 0.618 e. The Kier molecular flexibility index (Phi) is 5.94. The Morgan fingerprint density at radius 2 is 1.95 bits per heavy atom. The van der Waals surface area contributed by atoms with Crippen LogP contribution in [-0.2, 0) is 12.0 Å². The first kappa shape index (κ1) is 24.8. The number of fused-ring (bicyclic) bond motifs is 1. The van der Waals surface area contributed by atoms with Gasteiger partial charge < -0.3 is 15.4 Å². The van der Waals surface area contributed by atoms with E-state index in [4.69, 9.17) is 28.3 Å². The van der Waals surface area contributed by atoms with Gasteiger partial charge in [-0.15, -0.1) is 5.10 Å². The molecular formula is C25H18Cl2N8O4. The first-order valence-electron chi connectivity index (χ1n) is 11.6. The van der Waals surface area contributed by atoms with E-state index in [1.807, 2.05) is 6.07 Å². The lowest BCUT2D eigenvalue weighted by Crippen LogP contribution is -2.41. The second-order valence-corrected chi connectivity index (χ2v) is 9.82. The Hall–Kier alpha value is -4.52. The molecule has 196 valence electrons. The number of aryl methyl sites for hydroxylation is 1. The summed E-state index contributed by atoms with van der Waals surface area (Å²) in [6, 6.07) is 11.7. The van der Waals surface area contributed by atoms with Crippen LogP contribution in [0.1, 0.15) is 23.2 Å². The van der Waals surface area contributed by atoms with Gasteiger partial charge in [-0.05, 0) is 65.7 Å². The van der Waals surface area contributed by atoms with Crippen LogP contribution in [0.5, 0.6) is 0 Å². The molecule has 1 aliphatic carbocycles. The highest BCUT2D eigenvalue weighted by molar-refractivity contribution is 6.32. The zero-order chi connectivity index (χ0) is 27.3. The molecular weight excluding hydrogens is 547 g/mol. The van der Waals surface area contributed by atoms with Gasteiger partial charge >= 0.3 is 6.09 Å². The average Bonchev–Trinajstić information content (AvgIpc) is 3.65. The van der Waals surface area contributed by atoms with Crippen LogP contribution < -0.4 is 10.0 Å². The Bertz CT molecular complexity index is 1740. The molecule has 2 aromatic carbocycles. The van der Waals surface area contributed by atoms with Crippen LogP contribution in [0.2, 0.25) is 10.0 Å². The van der Waals surface area contributed by atoms with Crippen molar-refractivity contribution in [2.75, 3.05) is 5.32 Å². The van der Waals surface area contributed by atoms with E-state index >= 15 is 0 Å². The van der Waals surface area contributed by atoms with E-state index in [1.54, 1.807) is 36.5 Å². The summed E-state index contributed by atoms with van der Waals surface area (Å²) in [4.78, 5) is 10.9. The molecule has 0 spiro atoms. The SMILES string of the molecule is O=C(O)Nc1ccc(-n2cc(C3(O)CCc4cc(-c5cc(Cl)ccc5-n5cnnn5)c[n+]([O-])c43)cn2)c(Cl)c1. The summed E-state index contributed by atoms with van der Waals surface area (Å²) in [6.45, 7) is 0. The van der Waals surface area contributed by atoms with E-state index in [0.717, 1.165) is 0 Å². The number of anilines is 1. The molecule has 6 rings (SSSR count). The molecule has 0 radical (unpaired) electrons. The minimum atomic E-state index is -1.59. The first-order chi connectivity index (χ1) is 18.7. The van der Waals surface area contributed by atoms with Gasteiger partial charge in [-0.25, -0.2) is 9.48 Å². The number of aromatic nitrogens is 7. The van der Waals surface area contributed by atoms with Crippen molar-refractivity contribution in [2.45, 2.75) is 18.4 Å². The number of nitrogens with one attached hydrogen (secondary N) is 1. The molecule has 0 saturated heterocycles. The maximum Gasteiger partial charge on any atom is 0.409 e. The highest BCUT2D eigenvalue weighted by Gasteiger charge is 2.47. The lowest BCUT2D eigenvalue weighted by molar-refractivity contribution is -0.620. The van der Waals surface area contributed by atoms with Gasteiger partial charge in [0.05, 0.1) is 22.6 Å². The van der Waals surface area contributed by atoms with Crippen molar-refractivity contribution in [3.8, 4) is 22.5 Å². The van der Waals surface area contributed by atoms with E-state index in [9.17, 15) is 15.1 Å². The summed E-state index contributed by atoms with van der Waals surface area (Å²) < 4.78 is 3.62. The number of aliphatic hydroxyl groups is 1. The highest BCUT2D eigenvalue weighted by atomic mass is 35.5. The van der Waals surface area contributed by atoms with Gasteiger partial charge in [-0.2, -0.15) is 14.5 Å². The number of tetrazole rings is 1. The average molecular weight is 565 g/mol.